The normalized spacial score (nSPS) is 14.7. The van der Waals surface area contributed by atoms with E-state index in [0.29, 0.717) is 5.02 Å². The molecule has 1 aromatic heterocycles. The predicted molar refractivity (Wildman–Crippen MR) is 69.9 cm³/mol. The summed E-state index contributed by atoms with van der Waals surface area (Å²) in [6.07, 6.45) is 0. The predicted octanol–water partition coefficient (Wildman–Crippen LogP) is 2.46. The Morgan fingerprint density at radius 2 is 2.24 bits per heavy atom. The summed E-state index contributed by atoms with van der Waals surface area (Å²) in [4.78, 5) is 0. The molecule has 0 radical (unpaired) electrons. The molecule has 0 amide bonds. The zero-order chi connectivity index (χ0) is 11.8. The summed E-state index contributed by atoms with van der Waals surface area (Å²) in [5, 5.41) is 12.4. The molecule has 1 aromatic carbocycles. The van der Waals surface area contributed by atoms with Crippen LogP contribution in [0.25, 0.3) is 11.4 Å². The highest BCUT2D eigenvalue weighted by atomic mass is 79.9. The van der Waals surface area contributed by atoms with Crippen LogP contribution in [0.4, 0.5) is 0 Å². The number of halogens is 2. The van der Waals surface area contributed by atoms with Crippen molar-refractivity contribution in [3.05, 3.63) is 33.5 Å². The third-order valence-electron chi connectivity index (χ3n) is 2.79. The molecule has 0 atom stereocenters. The van der Waals surface area contributed by atoms with Crippen molar-refractivity contribution in [2.75, 3.05) is 6.54 Å². The third-order valence-corrected chi connectivity index (χ3v) is 3.69. The quantitative estimate of drug-likeness (QED) is 0.879. The van der Waals surface area contributed by atoms with E-state index in [4.69, 9.17) is 11.6 Å². The summed E-state index contributed by atoms with van der Waals surface area (Å²) >= 11 is 9.45. The van der Waals surface area contributed by atoms with Gasteiger partial charge in [-0.05, 0) is 34.1 Å². The fourth-order valence-corrected chi connectivity index (χ4v) is 2.82. The van der Waals surface area contributed by atoms with Crippen LogP contribution in [0.1, 0.15) is 5.82 Å². The number of benzene rings is 1. The second-order valence-corrected chi connectivity index (χ2v) is 5.18. The Morgan fingerprint density at radius 1 is 1.35 bits per heavy atom. The lowest BCUT2D eigenvalue weighted by molar-refractivity contribution is 0.508. The Balaban J connectivity index is 2.12. The van der Waals surface area contributed by atoms with Crippen molar-refractivity contribution in [1.29, 1.82) is 0 Å². The van der Waals surface area contributed by atoms with Crippen molar-refractivity contribution in [2.24, 2.45) is 0 Å². The van der Waals surface area contributed by atoms with E-state index in [1.54, 1.807) is 0 Å². The molecule has 0 fully saturated rings. The summed E-state index contributed by atoms with van der Waals surface area (Å²) in [5.74, 6) is 1.87. The second-order valence-electron chi connectivity index (χ2n) is 3.89. The SMILES string of the molecule is Clc1ccc(-c2nnc3n2CCNC3)c(Br)c1. The molecule has 88 valence electrons. The van der Waals surface area contributed by atoms with Gasteiger partial charge in [0.15, 0.2) is 5.82 Å². The highest BCUT2D eigenvalue weighted by Gasteiger charge is 2.18. The summed E-state index contributed by atoms with van der Waals surface area (Å²) in [6.45, 7) is 2.62. The van der Waals surface area contributed by atoms with Crippen molar-refractivity contribution in [3.8, 4) is 11.4 Å². The van der Waals surface area contributed by atoms with Crippen molar-refractivity contribution >= 4 is 27.5 Å². The van der Waals surface area contributed by atoms with Gasteiger partial charge in [0.05, 0.1) is 6.54 Å². The van der Waals surface area contributed by atoms with Gasteiger partial charge in [-0.3, -0.25) is 0 Å². The topological polar surface area (TPSA) is 42.7 Å². The molecule has 2 heterocycles. The molecule has 6 heteroatoms. The number of fused-ring (bicyclic) bond motifs is 1. The van der Waals surface area contributed by atoms with E-state index in [2.05, 4.69) is 36.0 Å². The fourth-order valence-electron chi connectivity index (χ4n) is 1.96. The first-order valence-electron chi connectivity index (χ1n) is 5.34. The minimum absolute atomic E-state index is 0.709. The van der Waals surface area contributed by atoms with Gasteiger partial charge in [0.1, 0.15) is 5.82 Å². The van der Waals surface area contributed by atoms with Crippen LogP contribution in [0.2, 0.25) is 5.02 Å². The first kappa shape index (κ1) is 11.2. The maximum atomic E-state index is 5.94. The molecule has 0 spiro atoms. The number of rotatable bonds is 1. The minimum atomic E-state index is 0.709. The van der Waals surface area contributed by atoms with Crippen LogP contribution in [0.5, 0.6) is 0 Å². The van der Waals surface area contributed by atoms with E-state index in [-0.39, 0.29) is 0 Å². The monoisotopic (exact) mass is 312 g/mol. The first-order valence-corrected chi connectivity index (χ1v) is 6.51. The Morgan fingerprint density at radius 3 is 3.06 bits per heavy atom. The van der Waals surface area contributed by atoms with Crippen molar-refractivity contribution in [3.63, 3.8) is 0 Å². The molecule has 0 aliphatic carbocycles. The lowest BCUT2D eigenvalue weighted by Gasteiger charge is -2.16. The Kier molecular flexibility index (Phi) is 2.90. The zero-order valence-electron chi connectivity index (χ0n) is 8.95. The average molecular weight is 314 g/mol. The van der Waals surface area contributed by atoms with E-state index >= 15 is 0 Å². The van der Waals surface area contributed by atoms with Gasteiger partial charge in [-0.1, -0.05) is 11.6 Å². The molecular weight excluding hydrogens is 304 g/mol. The van der Waals surface area contributed by atoms with Gasteiger partial charge in [0, 0.05) is 28.1 Å². The minimum Gasteiger partial charge on any atom is -0.309 e. The van der Waals surface area contributed by atoms with Gasteiger partial charge in [0.2, 0.25) is 0 Å². The summed E-state index contributed by atoms with van der Waals surface area (Å²) in [6, 6.07) is 5.70. The lowest BCUT2D eigenvalue weighted by atomic mass is 10.2. The molecule has 0 unspecified atom stereocenters. The van der Waals surface area contributed by atoms with E-state index < -0.39 is 0 Å². The van der Waals surface area contributed by atoms with Crippen molar-refractivity contribution in [1.82, 2.24) is 20.1 Å². The van der Waals surface area contributed by atoms with Gasteiger partial charge < -0.3 is 9.88 Å². The standard InChI is InChI=1S/C11H10BrClN4/c12-9-5-7(13)1-2-8(9)11-16-15-10-6-14-3-4-17(10)11/h1-2,5,14H,3-4,6H2. The summed E-state index contributed by atoms with van der Waals surface area (Å²) in [5.41, 5.74) is 1.02. The third kappa shape index (κ3) is 1.99. The summed E-state index contributed by atoms with van der Waals surface area (Å²) < 4.78 is 3.09. The summed E-state index contributed by atoms with van der Waals surface area (Å²) in [7, 11) is 0. The molecule has 1 aliphatic rings. The Hall–Kier alpha value is -0.910. The maximum absolute atomic E-state index is 5.94. The number of nitrogens with one attached hydrogen (secondary N) is 1. The Labute approximate surface area is 112 Å². The number of nitrogens with zero attached hydrogens (tertiary/aromatic N) is 3. The van der Waals surface area contributed by atoms with Gasteiger partial charge in [-0.2, -0.15) is 0 Å². The van der Waals surface area contributed by atoms with Crippen LogP contribution in [-0.2, 0) is 13.1 Å². The van der Waals surface area contributed by atoms with Crippen molar-refractivity contribution < 1.29 is 0 Å². The molecule has 2 aromatic rings. The molecular formula is C11H10BrClN4. The molecule has 1 N–H and O–H groups in total. The molecule has 4 nitrogen and oxygen atoms in total. The number of hydrogen-bond acceptors (Lipinski definition) is 3. The average Bonchev–Trinajstić information content (AvgIpc) is 2.73. The maximum Gasteiger partial charge on any atom is 0.165 e. The van der Waals surface area contributed by atoms with Crippen LogP contribution in [0.3, 0.4) is 0 Å². The molecule has 0 bridgehead atoms. The van der Waals surface area contributed by atoms with E-state index in [0.717, 1.165) is 41.3 Å². The van der Waals surface area contributed by atoms with Crippen LogP contribution in [-0.4, -0.2) is 21.3 Å². The van der Waals surface area contributed by atoms with Gasteiger partial charge in [0.25, 0.3) is 0 Å². The molecule has 0 saturated heterocycles. The number of aromatic nitrogens is 3. The van der Waals surface area contributed by atoms with Gasteiger partial charge >= 0.3 is 0 Å². The molecule has 0 saturated carbocycles. The fraction of sp³-hybridized carbons (Fsp3) is 0.273. The van der Waals surface area contributed by atoms with Crippen LogP contribution in [0.15, 0.2) is 22.7 Å². The van der Waals surface area contributed by atoms with Gasteiger partial charge in [-0.15, -0.1) is 10.2 Å². The van der Waals surface area contributed by atoms with Crippen molar-refractivity contribution in [2.45, 2.75) is 13.1 Å². The zero-order valence-corrected chi connectivity index (χ0v) is 11.3. The largest absolute Gasteiger partial charge is 0.309 e. The molecule has 1 aliphatic heterocycles. The molecule has 3 rings (SSSR count). The van der Waals surface area contributed by atoms with Crippen LogP contribution >= 0.6 is 27.5 Å². The highest BCUT2D eigenvalue weighted by Crippen LogP contribution is 2.30. The highest BCUT2D eigenvalue weighted by molar-refractivity contribution is 9.10. The smallest absolute Gasteiger partial charge is 0.165 e. The van der Waals surface area contributed by atoms with Gasteiger partial charge in [-0.25, -0.2) is 0 Å². The van der Waals surface area contributed by atoms with E-state index in [9.17, 15) is 0 Å². The molecule has 17 heavy (non-hydrogen) atoms. The number of hydrogen-bond donors (Lipinski definition) is 1. The first-order chi connectivity index (χ1) is 8.25. The van der Waals surface area contributed by atoms with E-state index in [1.807, 2.05) is 18.2 Å². The Bertz CT molecular complexity index is 567. The van der Waals surface area contributed by atoms with E-state index in [1.165, 1.54) is 0 Å². The lowest BCUT2D eigenvalue weighted by Crippen LogP contribution is -2.28. The second kappa shape index (κ2) is 4.40. The van der Waals surface area contributed by atoms with Crippen LogP contribution < -0.4 is 5.32 Å². The van der Waals surface area contributed by atoms with Crippen LogP contribution in [0, 0.1) is 0 Å².